The van der Waals surface area contributed by atoms with Crippen LogP contribution in [0.3, 0.4) is 0 Å². The third-order valence-corrected chi connectivity index (χ3v) is 3.89. The largest absolute Gasteiger partial charge is 0.133 e. The number of hydrogen-bond donors (Lipinski definition) is 2. The molecule has 0 amide bonds. The molecule has 0 radical (unpaired) electrons. The third kappa shape index (κ3) is 1.09. The lowest BCUT2D eigenvalue weighted by Gasteiger charge is -1.73. The minimum absolute atomic E-state index is 1.08. The van der Waals surface area contributed by atoms with E-state index in [-0.39, 0.29) is 0 Å². The van der Waals surface area contributed by atoms with E-state index < -0.39 is 0 Å². The average Bonchev–Trinajstić information content (AvgIpc) is 2.21. The molecule has 0 bridgehead atoms. The Kier molecular flexibility index (Phi) is 1.72. The summed E-state index contributed by atoms with van der Waals surface area (Å²) >= 11 is 11.9. The van der Waals surface area contributed by atoms with Gasteiger partial charge in [-0.2, -0.15) is 0 Å². The number of thiophene rings is 2. The van der Waals surface area contributed by atoms with E-state index in [1.807, 2.05) is 0 Å². The first-order chi connectivity index (χ1) is 4.75. The molecule has 0 unspecified atom stereocenters. The summed E-state index contributed by atoms with van der Waals surface area (Å²) in [5.41, 5.74) is 0. The van der Waals surface area contributed by atoms with Crippen LogP contribution in [0.15, 0.2) is 20.6 Å². The van der Waals surface area contributed by atoms with Crippen molar-refractivity contribution in [3.8, 4) is 0 Å². The van der Waals surface area contributed by atoms with Gasteiger partial charge in [0.15, 0.2) is 0 Å². The monoisotopic (exact) mass is 204 g/mol. The fourth-order valence-corrected chi connectivity index (χ4v) is 3.71. The molecule has 2 aromatic heterocycles. The normalized spacial score (nSPS) is 11.0. The summed E-state index contributed by atoms with van der Waals surface area (Å²) in [7, 11) is 0. The average molecular weight is 204 g/mol. The molecule has 2 heterocycles. The molecule has 0 aliphatic heterocycles. The molecule has 0 spiro atoms. The number of thiol groups is 2. The van der Waals surface area contributed by atoms with E-state index in [9.17, 15) is 0 Å². The Labute approximate surface area is 77.7 Å². The van der Waals surface area contributed by atoms with Gasteiger partial charge in [0.05, 0.1) is 8.42 Å². The Morgan fingerprint density at radius 1 is 0.900 bits per heavy atom. The second-order valence-corrected chi connectivity index (χ2v) is 5.63. The van der Waals surface area contributed by atoms with Gasteiger partial charge in [0.25, 0.3) is 0 Å². The first-order valence-electron chi connectivity index (χ1n) is 2.67. The maximum Gasteiger partial charge on any atom is 0.0589 e. The van der Waals surface area contributed by atoms with Gasteiger partial charge in [0.1, 0.15) is 0 Å². The van der Waals surface area contributed by atoms with Crippen LogP contribution in [0.4, 0.5) is 0 Å². The van der Waals surface area contributed by atoms with Gasteiger partial charge in [-0.05, 0) is 12.1 Å². The Morgan fingerprint density at radius 3 is 1.70 bits per heavy atom. The Hall–Kier alpha value is 0.360. The maximum absolute atomic E-state index is 4.24. The molecule has 0 aromatic carbocycles. The zero-order valence-electron chi connectivity index (χ0n) is 4.87. The fourth-order valence-electron chi connectivity index (χ4n) is 0.810. The zero-order chi connectivity index (χ0) is 7.14. The van der Waals surface area contributed by atoms with Crippen molar-refractivity contribution >= 4 is 57.3 Å². The van der Waals surface area contributed by atoms with Crippen LogP contribution in [-0.2, 0) is 0 Å². The third-order valence-electron chi connectivity index (χ3n) is 1.18. The summed E-state index contributed by atoms with van der Waals surface area (Å²) in [6.45, 7) is 0. The zero-order valence-corrected chi connectivity index (χ0v) is 8.29. The molecule has 0 aliphatic carbocycles. The highest BCUT2D eigenvalue weighted by Crippen LogP contribution is 2.35. The van der Waals surface area contributed by atoms with Crippen LogP contribution in [-0.4, -0.2) is 0 Å². The van der Waals surface area contributed by atoms with E-state index in [0.29, 0.717) is 0 Å². The maximum atomic E-state index is 4.24. The molecule has 0 saturated heterocycles. The molecular weight excluding hydrogens is 200 g/mol. The molecule has 0 aliphatic rings. The van der Waals surface area contributed by atoms with Crippen molar-refractivity contribution in [1.29, 1.82) is 0 Å². The van der Waals surface area contributed by atoms with Crippen LogP contribution >= 0.6 is 47.9 Å². The van der Waals surface area contributed by atoms with E-state index >= 15 is 0 Å². The summed E-state index contributed by atoms with van der Waals surface area (Å²) in [5.74, 6) is 0. The molecule has 10 heavy (non-hydrogen) atoms. The predicted octanol–water partition coefficient (Wildman–Crippen LogP) is 3.54. The molecule has 52 valence electrons. The SMILES string of the molecule is Sc1cc2sc(S)cc2s1. The van der Waals surface area contributed by atoms with Gasteiger partial charge in [-0.15, -0.1) is 47.9 Å². The van der Waals surface area contributed by atoms with Crippen molar-refractivity contribution in [2.45, 2.75) is 8.42 Å². The highest BCUT2D eigenvalue weighted by molar-refractivity contribution is 7.84. The fraction of sp³-hybridized carbons (Fsp3) is 0. The predicted molar refractivity (Wildman–Crippen MR) is 54.2 cm³/mol. The minimum Gasteiger partial charge on any atom is -0.133 e. The molecule has 0 fully saturated rings. The molecule has 2 rings (SSSR count). The highest BCUT2D eigenvalue weighted by Gasteiger charge is 2.01. The number of rotatable bonds is 0. The second-order valence-electron chi connectivity index (χ2n) is 1.90. The lowest BCUT2D eigenvalue weighted by Crippen LogP contribution is -1.39. The Bertz CT molecular complexity index is 294. The van der Waals surface area contributed by atoms with E-state index in [4.69, 9.17) is 0 Å². The van der Waals surface area contributed by atoms with Crippen molar-refractivity contribution in [2.24, 2.45) is 0 Å². The minimum atomic E-state index is 1.08. The van der Waals surface area contributed by atoms with Crippen LogP contribution in [0, 0.1) is 0 Å². The van der Waals surface area contributed by atoms with Crippen molar-refractivity contribution in [2.75, 3.05) is 0 Å². The van der Waals surface area contributed by atoms with Gasteiger partial charge in [0, 0.05) is 9.40 Å². The number of hydrogen-bond acceptors (Lipinski definition) is 4. The molecule has 0 atom stereocenters. The number of fused-ring (bicyclic) bond motifs is 1. The van der Waals surface area contributed by atoms with E-state index in [1.54, 1.807) is 22.7 Å². The Balaban J connectivity index is 2.83. The lowest BCUT2D eigenvalue weighted by atomic mass is 10.5. The summed E-state index contributed by atoms with van der Waals surface area (Å²) in [5, 5.41) is 0. The van der Waals surface area contributed by atoms with Crippen molar-refractivity contribution in [3.05, 3.63) is 12.1 Å². The van der Waals surface area contributed by atoms with Gasteiger partial charge >= 0.3 is 0 Å². The van der Waals surface area contributed by atoms with Gasteiger partial charge < -0.3 is 0 Å². The summed E-state index contributed by atoms with van der Waals surface area (Å²) < 4.78 is 4.74. The van der Waals surface area contributed by atoms with E-state index in [1.165, 1.54) is 9.40 Å². The van der Waals surface area contributed by atoms with E-state index in [2.05, 4.69) is 37.4 Å². The highest BCUT2D eigenvalue weighted by atomic mass is 32.2. The van der Waals surface area contributed by atoms with Crippen LogP contribution in [0.5, 0.6) is 0 Å². The van der Waals surface area contributed by atoms with E-state index in [0.717, 1.165) is 8.42 Å². The van der Waals surface area contributed by atoms with Gasteiger partial charge in [0.2, 0.25) is 0 Å². The standard InChI is InChI=1S/C6H4S4/c7-5-1-3-4(10-5)2-6(8)9-3/h1-2,7-8H. The molecule has 0 nitrogen and oxygen atoms in total. The topological polar surface area (TPSA) is 0 Å². The Morgan fingerprint density at radius 2 is 1.30 bits per heavy atom. The second kappa shape index (κ2) is 2.44. The smallest absolute Gasteiger partial charge is 0.0589 e. The molecule has 0 N–H and O–H groups in total. The molecule has 4 heteroatoms. The van der Waals surface area contributed by atoms with Crippen LogP contribution in [0.2, 0.25) is 0 Å². The summed E-state index contributed by atoms with van der Waals surface area (Å²) in [6.07, 6.45) is 0. The van der Waals surface area contributed by atoms with Crippen molar-refractivity contribution in [3.63, 3.8) is 0 Å². The van der Waals surface area contributed by atoms with Gasteiger partial charge in [-0.3, -0.25) is 0 Å². The van der Waals surface area contributed by atoms with Crippen molar-refractivity contribution < 1.29 is 0 Å². The van der Waals surface area contributed by atoms with Crippen LogP contribution in [0.1, 0.15) is 0 Å². The quantitative estimate of drug-likeness (QED) is 0.603. The van der Waals surface area contributed by atoms with Crippen LogP contribution in [0.25, 0.3) is 9.40 Å². The first kappa shape index (κ1) is 7.03. The van der Waals surface area contributed by atoms with Gasteiger partial charge in [-0.25, -0.2) is 0 Å². The first-order valence-corrected chi connectivity index (χ1v) is 5.20. The summed E-state index contributed by atoms with van der Waals surface area (Å²) in [4.78, 5) is 0. The summed E-state index contributed by atoms with van der Waals surface area (Å²) in [6, 6.07) is 4.15. The van der Waals surface area contributed by atoms with Gasteiger partial charge in [-0.1, -0.05) is 0 Å². The molecular formula is C6H4S4. The molecule has 0 saturated carbocycles. The lowest BCUT2D eigenvalue weighted by molar-refractivity contribution is 1.81. The van der Waals surface area contributed by atoms with Crippen molar-refractivity contribution in [1.82, 2.24) is 0 Å². The molecule has 2 aromatic rings. The van der Waals surface area contributed by atoms with Crippen LogP contribution < -0.4 is 0 Å².